The molecule has 0 atom stereocenters. The van der Waals surface area contributed by atoms with Crippen molar-refractivity contribution in [2.45, 2.75) is 36.4 Å². The van der Waals surface area contributed by atoms with E-state index in [1.165, 1.54) is 17.3 Å². The summed E-state index contributed by atoms with van der Waals surface area (Å²) < 4.78 is 1.81. The number of hydrogen-bond acceptors (Lipinski definition) is 6. The molecular formula is C16H21N3OS3. The maximum atomic E-state index is 12.1. The standard InChI is InChI=1S/C16H21N3OS3/c1-10(2)8-21-15-18-19-16(23-15)22-9-14(20)17-13-7-5-6-11(3)12(13)4/h5-7,10H,8-9H2,1-4H3,(H,17,20). The zero-order chi connectivity index (χ0) is 16.8. The molecule has 1 heterocycles. The fraction of sp³-hybridized carbons (Fsp3) is 0.438. The molecular weight excluding hydrogens is 346 g/mol. The Balaban J connectivity index is 1.83. The third kappa shape index (κ3) is 5.82. The molecule has 2 rings (SSSR count). The molecule has 0 aliphatic carbocycles. The van der Waals surface area contributed by atoms with Gasteiger partial charge >= 0.3 is 0 Å². The van der Waals surface area contributed by atoms with E-state index in [2.05, 4.69) is 29.4 Å². The van der Waals surface area contributed by atoms with Gasteiger partial charge in [-0.2, -0.15) is 0 Å². The van der Waals surface area contributed by atoms with E-state index < -0.39 is 0 Å². The molecule has 1 aromatic carbocycles. The SMILES string of the molecule is Cc1cccc(NC(=O)CSc2nnc(SCC(C)C)s2)c1C. The Morgan fingerprint density at radius 1 is 1.22 bits per heavy atom. The molecule has 4 nitrogen and oxygen atoms in total. The number of carbonyl (C=O) groups is 1. The summed E-state index contributed by atoms with van der Waals surface area (Å²) in [6.07, 6.45) is 0. The summed E-state index contributed by atoms with van der Waals surface area (Å²) in [4.78, 5) is 12.1. The van der Waals surface area contributed by atoms with Crippen molar-refractivity contribution < 1.29 is 4.79 Å². The molecule has 124 valence electrons. The Bertz CT molecular complexity index is 670. The lowest BCUT2D eigenvalue weighted by molar-refractivity contribution is -0.113. The van der Waals surface area contributed by atoms with Crippen molar-refractivity contribution in [1.82, 2.24) is 10.2 Å². The van der Waals surface area contributed by atoms with Gasteiger partial charge in [0.05, 0.1) is 5.75 Å². The van der Waals surface area contributed by atoms with Gasteiger partial charge < -0.3 is 5.32 Å². The summed E-state index contributed by atoms with van der Waals surface area (Å²) in [6, 6.07) is 5.92. The summed E-state index contributed by atoms with van der Waals surface area (Å²) in [6.45, 7) is 8.42. The molecule has 0 radical (unpaired) electrons. The number of amides is 1. The number of aryl methyl sites for hydroxylation is 1. The molecule has 1 amide bonds. The Kier molecular flexibility index (Phi) is 6.92. The van der Waals surface area contributed by atoms with Gasteiger partial charge in [0, 0.05) is 11.4 Å². The maximum absolute atomic E-state index is 12.1. The summed E-state index contributed by atoms with van der Waals surface area (Å²) in [5, 5.41) is 11.2. The van der Waals surface area contributed by atoms with Gasteiger partial charge in [0.15, 0.2) is 8.68 Å². The van der Waals surface area contributed by atoms with Gasteiger partial charge in [-0.05, 0) is 37.0 Å². The van der Waals surface area contributed by atoms with Gasteiger partial charge in [0.25, 0.3) is 0 Å². The van der Waals surface area contributed by atoms with Crippen molar-refractivity contribution in [3.63, 3.8) is 0 Å². The fourth-order valence-electron chi connectivity index (χ4n) is 1.75. The summed E-state index contributed by atoms with van der Waals surface area (Å²) >= 11 is 4.71. The largest absolute Gasteiger partial charge is 0.325 e. The van der Waals surface area contributed by atoms with Crippen LogP contribution in [0.5, 0.6) is 0 Å². The van der Waals surface area contributed by atoms with E-state index in [0.717, 1.165) is 25.7 Å². The van der Waals surface area contributed by atoms with Gasteiger partial charge in [-0.3, -0.25) is 4.79 Å². The highest BCUT2D eigenvalue weighted by Gasteiger charge is 2.10. The van der Waals surface area contributed by atoms with Crippen LogP contribution in [-0.2, 0) is 4.79 Å². The van der Waals surface area contributed by atoms with Gasteiger partial charge in [-0.15, -0.1) is 10.2 Å². The number of hydrogen-bond donors (Lipinski definition) is 1. The topological polar surface area (TPSA) is 54.9 Å². The van der Waals surface area contributed by atoms with Crippen molar-refractivity contribution in [3.8, 4) is 0 Å². The first-order chi connectivity index (χ1) is 11.0. The average molecular weight is 368 g/mol. The third-order valence-corrected chi connectivity index (χ3v) is 6.75. The van der Waals surface area contributed by atoms with Crippen LogP contribution < -0.4 is 5.32 Å². The molecule has 0 spiro atoms. The lowest BCUT2D eigenvalue weighted by Gasteiger charge is -2.09. The van der Waals surface area contributed by atoms with Crippen LogP contribution >= 0.6 is 34.9 Å². The monoisotopic (exact) mass is 367 g/mol. The van der Waals surface area contributed by atoms with E-state index in [0.29, 0.717) is 11.7 Å². The summed E-state index contributed by atoms with van der Waals surface area (Å²) in [5.41, 5.74) is 3.15. The first-order valence-electron chi connectivity index (χ1n) is 7.41. The van der Waals surface area contributed by atoms with Crippen molar-refractivity contribution in [2.75, 3.05) is 16.8 Å². The van der Waals surface area contributed by atoms with E-state index in [9.17, 15) is 4.79 Å². The lowest BCUT2D eigenvalue weighted by Crippen LogP contribution is -2.15. The van der Waals surface area contributed by atoms with Crippen molar-refractivity contribution in [1.29, 1.82) is 0 Å². The fourth-order valence-corrected chi connectivity index (χ4v) is 4.55. The van der Waals surface area contributed by atoms with Crippen LogP contribution in [0.25, 0.3) is 0 Å². The molecule has 7 heteroatoms. The second-order valence-electron chi connectivity index (χ2n) is 5.62. The van der Waals surface area contributed by atoms with Crippen LogP contribution in [0.3, 0.4) is 0 Å². The number of carbonyl (C=O) groups excluding carboxylic acids is 1. The molecule has 0 aliphatic heterocycles. The number of thioether (sulfide) groups is 2. The molecule has 0 saturated carbocycles. The zero-order valence-corrected chi connectivity index (χ0v) is 16.2. The van der Waals surface area contributed by atoms with Crippen molar-refractivity contribution in [2.24, 2.45) is 5.92 Å². The molecule has 2 aromatic rings. The Hall–Kier alpha value is -1.05. The average Bonchev–Trinajstić information content (AvgIpc) is 2.96. The van der Waals surface area contributed by atoms with Crippen LogP contribution in [0.15, 0.2) is 26.9 Å². The highest BCUT2D eigenvalue weighted by atomic mass is 32.2. The normalized spacial score (nSPS) is 11.0. The first-order valence-corrected chi connectivity index (χ1v) is 10.2. The van der Waals surface area contributed by atoms with Crippen molar-refractivity contribution >= 4 is 46.5 Å². The highest BCUT2D eigenvalue weighted by molar-refractivity contribution is 8.03. The number of nitrogens with one attached hydrogen (secondary N) is 1. The van der Waals surface area contributed by atoms with E-state index >= 15 is 0 Å². The molecule has 0 bridgehead atoms. The van der Waals surface area contributed by atoms with E-state index in [1.807, 2.05) is 32.0 Å². The van der Waals surface area contributed by atoms with Gasteiger partial charge in [0.1, 0.15) is 0 Å². The van der Waals surface area contributed by atoms with Crippen LogP contribution in [0.4, 0.5) is 5.69 Å². The Labute approximate surface area is 149 Å². The minimum Gasteiger partial charge on any atom is -0.325 e. The smallest absolute Gasteiger partial charge is 0.234 e. The summed E-state index contributed by atoms with van der Waals surface area (Å²) in [5.74, 6) is 1.99. The molecule has 1 aromatic heterocycles. The van der Waals surface area contributed by atoms with Crippen LogP contribution in [-0.4, -0.2) is 27.6 Å². The molecule has 23 heavy (non-hydrogen) atoms. The lowest BCUT2D eigenvalue weighted by atomic mass is 10.1. The Morgan fingerprint density at radius 2 is 1.91 bits per heavy atom. The quantitative estimate of drug-likeness (QED) is 0.723. The van der Waals surface area contributed by atoms with E-state index in [4.69, 9.17) is 0 Å². The summed E-state index contributed by atoms with van der Waals surface area (Å²) in [7, 11) is 0. The highest BCUT2D eigenvalue weighted by Crippen LogP contribution is 2.29. The number of nitrogens with zero attached hydrogens (tertiary/aromatic N) is 2. The molecule has 0 fully saturated rings. The van der Waals surface area contributed by atoms with Gasteiger partial charge in [-0.25, -0.2) is 0 Å². The minimum absolute atomic E-state index is 0.0183. The van der Waals surface area contributed by atoms with Crippen LogP contribution in [0, 0.1) is 19.8 Å². The number of anilines is 1. The second-order valence-corrected chi connectivity index (χ2v) is 9.09. The minimum atomic E-state index is -0.0183. The predicted octanol–water partition coefficient (Wildman–Crippen LogP) is 4.63. The number of aromatic nitrogens is 2. The van der Waals surface area contributed by atoms with E-state index in [-0.39, 0.29) is 5.91 Å². The second kappa shape index (κ2) is 8.70. The van der Waals surface area contributed by atoms with E-state index in [1.54, 1.807) is 23.1 Å². The number of rotatable bonds is 7. The maximum Gasteiger partial charge on any atom is 0.234 e. The van der Waals surface area contributed by atoms with Crippen LogP contribution in [0.1, 0.15) is 25.0 Å². The number of benzene rings is 1. The molecule has 0 aliphatic rings. The van der Waals surface area contributed by atoms with Gasteiger partial charge in [0.2, 0.25) is 5.91 Å². The van der Waals surface area contributed by atoms with Gasteiger partial charge in [-0.1, -0.05) is 60.8 Å². The van der Waals surface area contributed by atoms with Crippen molar-refractivity contribution in [3.05, 3.63) is 29.3 Å². The molecule has 0 saturated heterocycles. The molecule has 0 unspecified atom stereocenters. The predicted molar refractivity (Wildman–Crippen MR) is 101 cm³/mol. The zero-order valence-electron chi connectivity index (χ0n) is 13.8. The first kappa shape index (κ1) is 18.3. The third-order valence-electron chi connectivity index (χ3n) is 3.13. The Morgan fingerprint density at radius 3 is 2.61 bits per heavy atom. The molecule has 1 N–H and O–H groups in total. The van der Waals surface area contributed by atoms with Crippen LogP contribution in [0.2, 0.25) is 0 Å².